The second kappa shape index (κ2) is 11.4. The van der Waals surface area contributed by atoms with E-state index in [2.05, 4.69) is 196 Å². The Morgan fingerprint density at radius 3 is 1.67 bits per heavy atom. The quantitative estimate of drug-likeness (QED) is 0.167. The molecule has 0 saturated carbocycles. The summed E-state index contributed by atoms with van der Waals surface area (Å²) in [5.41, 5.74) is 15.5. The number of fused-ring (bicyclic) bond motifs is 6. The third kappa shape index (κ3) is 4.53. The third-order valence-corrected chi connectivity index (χ3v) is 11.3. The van der Waals surface area contributed by atoms with Gasteiger partial charge in [0.2, 0.25) is 0 Å². The Kier molecular flexibility index (Phi) is 6.63. The van der Waals surface area contributed by atoms with E-state index in [-0.39, 0.29) is 5.41 Å². The summed E-state index contributed by atoms with van der Waals surface area (Å²) < 4.78 is 0. The van der Waals surface area contributed by atoms with Crippen LogP contribution in [0.4, 0.5) is 0 Å². The van der Waals surface area contributed by atoms with Crippen LogP contribution in [0.1, 0.15) is 25.0 Å². The van der Waals surface area contributed by atoms with Crippen LogP contribution in [0.15, 0.2) is 182 Å². The van der Waals surface area contributed by atoms with Gasteiger partial charge in [-0.05, 0) is 105 Å². The van der Waals surface area contributed by atoms with Gasteiger partial charge < -0.3 is 0 Å². The highest BCUT2D eigenvalue weighted by Crippen LogP contribution is 2.54. The molecule has 0 bridgehead atoms. The molecule has 0 N–H and O–H groups in total. The zero-order valence-electron chi connectivity index (χ0n) is 28.8. The second-order valence-corrected chi connectivity index (χ2v) is 14.4. The van der Waals surface area contributed by atoms with Gasteiger partial charge in [-0.2, -0.15) is 0 Å². The van der Waals surface area contributed by atoms with Gasteiger partial charge >= 0.3 is 0 Å². The maximum atomic E-state index is 2.44. The molecule has 9 aromatic carbocycles. The lowest BCUT2D eigenvalue weighted by Crippen LogP contribution is -2.14. The van der Waals surface area contributed by atoms with E-state index in [0.29, 0.717) is 0 Å². The van der Waals surface area contributed by atoms with Gasteiger partial charge in [-0.1, -0.05) is 190 Å². The molecule has 0 amide bonds. The van der Waals surface area contributed by atoms with E-state index in [1.807, 2.05) is 0 Å². The van der Waals surface area contributed by atoms with E-state index in [4.69, 9.17) is 0 Å². The molecule has 0 unspecified atom stereocenters. The van der Waals surface area contributed by atoms with E-state index in [0.717, 1.165) is 0 Å². The Labute approximate surface area is 299 Å². The molecule has 10 rings (SSSR count). The first-order chi connectivity index (χ1) is 25.1. The highest BCUT2D eigenvalue weighted by Gasteiger charge is 2.37. The Morgan fingerprint density at radius 2 is 0.843 bits per heavy atom. The van der Waals surface area contributed by atoms with Crippen molar-refractivity contribution in [1.29, 1.82) is 0 Å². The first-order valence-electron chi connectivity index (χ1n) is 17.9. The van der Waals surface area contributed by atoms with Crippen LogP contribution >= 0.6 is 0 Å². The predicted molar refractivity (Wildman–Crippen MR) is 218 cm³/mol. The van der Waals surface area contributed by atoms with Crippen LogP contribution in [0.2, 0.25) is 0 Å². The molecule has 0 saturated heterocycles. The smallest absolute Gasteiger partial charge is 0.0159 e. The fourth-order valence-electron chi connectivity index (χ4n) is 8.85. The zero-order chi connectivity index (χ0) is 34.1. The fourth-order valence-corrected chi connectivity index (χ4v) is 8.85. The molecule has 0 nitrogen and oxygen atoms in total. The van der Waals surface area contributed by atoms with Crippen molar-refractivity contribution >= 4 is 32.3 Å². The van der Waals surface area contributed by atoms with Crippen molar-refractivity contribution in [3.05, 3.63) is 193 Å². The van der Waals surface area contributed by atoms with Crippen molar-refractivity contribution in [2.45, 2.75) is 19.3 Å². The monoisotopic (exact) mass is 648 g/mol. The fraction of sp³-hybridized carbons (Fsp3) is 0.0588. The van der Waals surface area contributed by atoms with E-state index in [1.165, 1.54) is 99.1 Å². The molecule has 240 valence electrons. The van der Waals surface area contributed by atoms with Gasteiger partial charge in [0.1, 0.15) is 0 Å². The Hall–Kier alpha value is -6.24. The van der Waals surface area contributed by atoms with Crippen molar-refractivity contribution < 1.29 is 0 Å². The third-order valence-electron chi connectivity index (χ3n) is 11.3. The summed E-state index contributed by atoms with van der Waals surface area (Å²) >= 11 is 0. The second-order valence-electron chi connectivity index (χ2n) is 14.4. The average Bonchev–Trinajstić information content (AvgIpc) is 3.43. The van der Waals surface area contributed by atoms with Crippen molar-refractivity contribution in [2.24, 2.45) is 0 Å². The van der Waals surface area contributed by atoms with Gasteiger partial charge in [0, 0.05) is 5.41 Å². The highest BCUT2D eigenvalue weighted by atomic mass is 14.4. The topological polar surface area (TPSA) is 0 Å². The molecule has 0 heterocycles. The molecular weight excluding hydrogens is 613 g/mol. The Bertz CT molecular complexity index is 2790. The van der Waals surface area contributed by atoms with Crippen LogP contribution in [0.3, 0.4) is 0 Å². The molecule has 0 heteroatoms. The number of hydrogen-bond acceptors (Lipinski definition) is 0. The molecule has 0 aromatic heterocycles. The Balaban J connectivity index is 1.27. The normalized spacial score (nSPS) is 13.1. The lowest BCUT2D eigenvalue weighted by atomic mass is 9.80. The summed E-state index contributed by atoms with van der Waals surface area (Å²) in [5.74, 6) is 0. The molecule has 0 spiro atoms. The minimum absolute atomic E-state index is 0.0749. The minimum Gasteiger partial charge on any atom is -0.0622 e. The summed E-state index contributed by atoms with van der Waals surface area (Å²) in [7, 11) is 0. The average molecular weight is 649 g/mol. The first kappa shape index (κ1) is 29.7. The van der Waals surface area contributed by atoms with Crippen LogP contribution < -0.4 is 0 Å². The lowest BCUT2D eigenvalue weighted by Gasteiger charge is -2.23. The molecule has 0 fully saturated rings. The Morgan fingerprint density at radius 1 is 0.294 bits per heavy atom. The van der Waals surface area contributed by atoms with Crippen LogP contribution in [-0.2, 0) is 5.41 Å². The largest absolute Gasteiger partial charge is 0.0622 e. The molecule has 1 aliphatic carbocycles. The van der Waals surface area contributed by atoms with Gasteiger partial charge in [0.15, 0.2) is 0 Å². The molecular formula is C51H36. The molecule has 9 aromatic rings. The molecule has 0 atom stereocenters. The van der Waals surface area contributed by atoms with E-state index >= 15 is 0 Å². The van der Waals surface area contributed by atoms with Crippen LogP contribution in [0, 0.1) is 0 Å². The van der Waals surface area contributed by atoms with Crippen LogP contribution in [0.5, 0.6) is 0 Å². The summed E-state index contributed by atoms with van der Waals surface area (Å²) in [6.45, 7) is 4.74. The van der Waals surface area contributed by atoms with Gasteiger partial charge in [-0.15, -0.1) is 0 Å². The highest BCUT2D eigenvalue weighted by molar-refractivity contribution is 6.23. The summed E-state index contributed by atoms with van der Waals surface area (Å²) in [6, 6.07) is 67.4. The predicted octanol–water partition coefficient (Wildman–Crippen LogP) is 14.1. The van der Waals surface area contributed by atoms with Gasteiger partial charge in [0.25, 0.3) is 0 Å². The molecule has 0 radical (unpaired) electrons. The van der Waals surface area contributed by atoms with Crippen molar-refractivity contribution in [3.63, 3.8) is 0 Å². The van der Waals surface area contributed by atoms with E-state index in [9.17, 15) is 0 Å². The van der Waals surface area contributed by atoms with E-state index < -0.39 is 0 Å². The van der Waals surface area contributed by atoms with Crippen molar-refractivity contribution in [3.8, 4) is 55.6 Å². The maximum absolute atomic E-state index is 2.44. The van der Waals surface area contributed by atoms with Gasteiger partial charge in [-0.25, -0.2) is 0 Å². The SMILES string of the molecule is CC1(C)c2ccccc2-c2c(-c3c4ccccc4c(-c4ccc(-c5cccc6ccccc56)cc4)c4ccc(-c5ccccc5)cc34)cccc21. The molecule has 51 heavy (non-hydrogen) atoms. The standard InChI is InChI=1S/C51H36/c1-51(2)46-24-11-10-21-43(46)50-44(23-13-25-47(50)51)49-41-20-9-8-19-40(41)48(42-31-30-37(32-45(42)49)33-14-4-3-5-15-33)36-28-26-35(27-29-36)39-22-12-17-34-16-6-7-18-38(34)39/h3-32H,1-2H3. The number of benzene rings is 9. The van der Waals surface area contributed by atoms with E-state index in [1.54, 1.807) is 0 Å². The lowest BCUT2D eigenvalue weighted by molar-refractivity contribution is 0.660. The van der Waals surface area contributed by atoms with Gasteiger partial charge in [0.05, 0.1) is 0 Å². The minimum atomic E-state index is -0.0749. The van der Waals surface area contributed by atoms with Gasteiger partial charge in [-0.3, -0.25) is 0 Å². The summed E-state index contributed by atoms with van der Waals surface area (Å²) in [6.07, 6.45) is 0. The van der Waals surface area contributed by atoms with Crippen LogP contribution in [-0.4, -0.2) is 0 Å². The zero-order valence-corrected chi connectivity index (χ0v) is 28.8. The first-order valence-corrected chi connectivity index (χ1v) is 17.9. The molecule has 1 aliphatic rings. The molecule has 0 aliphatic heterocycles. The number of hydrogen-bond donors (Lipinski definition) is 0. The maximum Gasteiger partial charge on any atom is 0.0159 e. The van der Waals surface area contributed by atoms with Crippen molar-refractivity contribution in [1.82, 2.24) is 0 Å². The summed E-state index contributed by atoms with van der Waals surface area (Å²) in [4.78, 5) is 0. The van der Waals surface area contributed by atoms with Crippen LogP contribution in [0.25, 0.3) is 88.0 Å². The number of rotatable bonds is 4. The van der Waals surface area contributed by atoms with Crippen molar-refractivity contribution in [2.75, 3.05) is 0 Å². The summed E-state index contributed by atoms with van der Waals surface area (Å²) in [5, 5.41) is 7.64.